The Hall–Kier alpha value is -0.610. The zero-order valence-electron chi connectivity index (χ0n) is 11.1. The van der Waals surface area contributed by atoms with Crippen LogP contribution < -0.4 is 10.6 Å². The molecular formula is C13H26N2O2. The van der Waals surface area contributed by atoms with Gasteiger partial charge in [-0.3, -0.25) is 4.79 Å². The number of rotatable bonds is 7. The van der Waals surface area contributed by atoms with Gasteiger partial charge in [0.15, 0.2) is 0 Å². The first-order valence-electron chi connectivity index (χ1n) is 6.77. The maximum absolute atomic E-state index is 11.5. The monoisotopic (exact) mass is 242 g/mol. The maximum Gasteiger partial charge on any atom is 0.222 e. The lowest BCUT2D eigenvalue weighted by Gasteiger charge is -2.22. The molecule has 1 unspecified atom stereocenters. The fourth-order valence-electron chi connectivity index (χ4n) is 2.06. The zero-order valence-corrected chi connectivity index (χ0v) is 11.1. The number of piperidine rings is 1. The van der Waals surface area contributed by atoms with Crippen LogP contribution in [0.4, 0.5) is 0 Å². The minimum atomic E-state index is 0.106. The van der Waals surface area contributed by atoms with Gasteiger partial charge in [-0.05, 0) is 52.1 Å². The molecule has 1 atom stereocenters. The summed E-state index contributed by atoms with van der Waals surface area (Å²) in [6, 6.07) is 0. The fraction of sp³-hybridized carbons (Fsp3) is 0.923. The number of hydrogen-bond donors (Lipinski definition) is 2. The van der Waals surface area contributed by atoms with E-state index < -0.39 is 0 Å². The maximum atomic E-state index is 11.5. The molecule has 1 amide bonds. The number of carbonyl (C=O) groups excluding carboxylic acids is 1. The Balaban J connectivity index is 1.95. The van der Waals surface area contributed by atoms with Crippen LogP contribution >= 0.6 is 0 Å². The van der Waals surface area contributed by atoms with Crippen molar-refractivity contribution in [3.05, 3.63) is 0 Å². The van der Waals surface area contributed by atoms with Gasteiger partial charge in [-0.15, -0.1) is 0 Å². The molecule has 2 N–H and O–H groups in total. The highest BCUT2D eigenvalue weighted by atomic mass is 16.5. The summed E-state index contributed by atoms with van der Waals surface area (Å²) in [6.07, 6.45) is 4.32. The molecule has 1 rings (SSSR count). The number of carbonyl (C=O) groups is 1. The van der Waals surface area contributed by atoms with Crippen LogP contribution in [0.15, 0.2) is 0 Å². The lowest BCUT2D eigenvalue weighted by molar-refractivity contribution is -0.122. The Morgan fingerprint density at radius 2 is 2.35 bits per heavy atom. The van der Waals surface area contributed by atoms with E-state index >= 15 is 0 Å². The van der Waals surface area contributed by atoms with Crippen molar-refractivity contribution in [1.29, 1.82) is 0 Å². The van der Waals surface area contributed by atoms with Crippen molar-refractivity contribution in [3.8, 4) is 0 Å². The van der Waals surface area contributed by atoms with E-state index in [0.29, 0.717) is 13.0 Å². The highest BCUT2D eigenvalue weighted by Gasteiger charge is 2.12. The van der Waals surface area contributed by atoms with Gasteiger partial charge in [0.2, 0.25) is 5.91 Å². The standard InChI is InChI=1S/C13H26N2O2/c1-11(2)17-9-6-13(16)15-8-5-12-4-3-7-14-10-12/h11-12,14H,3-10H2,1-2H3,(H,15,16). The molecule has 1 aliphatic heterocycles. The van der Waals surface area contributed by atoms with Crippen LogP contribution in [0.25, 0.3) is 0 Å². The van der Waals surface area contributed by atoms with Crippen LogP contribution in [0.2, 0.25) is 0 Å². The van der Waals surface area contributed by atoms with Crippen LogP contribution in [-0.2, 0) is 9.53 Å². The molecule has 1 saturated heterocycles. The van der Waals surface area contributed by atoms with Crippen molar-refractivity contribution >= 4 is 5.91 Å². The Morgan fingerprint density at radius 3 is 3.00 bits per heavy atom. The Morgan fingerprint density at radius 1 is 1.53 bits per heavy atom. The van der Waals surface area contributed by atoms with Crippen molar-refractivity contribution in [2.24, 2.45) is 5.92 Å². The lowest BCUT2D eigenvalue weighted by atomic mass is 9.96. The molecule has 4 nitrogen and oxygen atoms in total. The molecule has 0 radical (unpaired) electrons. The first-order chi connectivity index (χ1) is 8.18. The van der Waals surface area contributed by atoms with E-state index in [1.807, 2.05) is 13.8 Å². The van der Waals surface area contributed by atoms with E-state index in [1.54, 1.807) is 0 Å². The van der Waals surface area contributed by atoms with E-state index in [0.717, 1.165) is 32.0 Å². The van der Waals surface area contributed by atoms with Crippen LogP contribution in [-0.4, -0.2) is 38.3 Å². The topological polar surface area (TPSA) is 50.4 Å². The van der Waals surface area contributed by atoms with Crippen LogP contribution in [0.5, 0.6) is 0 Å². The van der Waals surface area contributed by atoms with Gasteiger partial charge >= 0.3 is 0 Å². The summed E-state index contributed by atoms with van der Waals surface area (Å²) in [6.45, 7) is 7.53. The third-order valence-electron chi connectivity index (χ3n) is 3.05. The molecule has 1 aliphatic rings. The molecule has 4 heteroatoms. The van der Waals surface area contributed by atoms with E-state index in [2.05, 4.69) is 10.6 Å². The van der Waals surface area contributed by atoms with E-state index in [1.165, 1.54) is 12.8 Å². The summed E-state index contributed by atoms with van der Waals surface area (Å²) >= 11 is 0. The Kier molecular flexibility index (Phi) is 7.21. The number of ether oxygens (including phenoxy) is 1. The van der Waals surface area contributed by atoms with Crippen LogP contribution in [0.3, 0.4) is 0 Å². The second-order valence-electron chi connectivity index (χ2n) is 5.02. The van der Waals surface area contributed by atoms with Gasteiger partial charge in [-0.25, -0.2) is 0 Å². The third kappa shape index (κ3) is 7.34. The van der Waals surface area contributed by atoms with Crippen LogP contribution in [0.1, 0.15) is 39.5 Å². The molecule has 1 heterocycles. The van der Waals surface area contributed by atoms with Crippen molar-refractivity contribution in [2.75, 3.05) is 26.2 Å². The summed E-state index contributed by atoms with van der Waals surface area (Å²) in [5, 5.41) is 6.34. The minimum Gasteiger partial charge on any atom is -0.378 e. The average molecular weight is 242 g/mol. The molecule has 0 saturated carbocycles. The number of nitrogens with one attached hydrogen (secondary N) is 2. The van der Waals surface area contributed by atoms with Gasteiger partial charge in [-0.2, -0.15) is 0 Å². The highest BCUT2D eigenvalue weighted by Crippen LogP contribution is 2.12. The first-order valence-corrected chi connectivity index (χ1v) is 6.77. The largest absolute Gasteiger partial charge is 0.378 e. The average Bonchev–Trinajstić information content (AvgIpc) is 2.30. The molecular weight excluding hydrogens is 216 g/mol. The summed E-state index contributed by atoms with van der Waals surface area (Å²) in [5.41, 5.74) is 0. The quantitative estimate of drug-likeness (QED) is 0.707. The van der Waals surface area contributed by atoms with Crippen LogP contribution in [0, 0.1) is 5.92 Å². The molecule has 17 heavy (non-hydrogen) atoms. The van der Waals surface area contributed by atoms with Crippen molar-refractivity contribution < 1.29 is 9.53 Å². The van der Waals surface area contributed by atoms with Gasteiger partial charge in [0.1, 0.15) is 0 Å². The molecule has 1 fully saturated rings. The van der Waals surface area contributed by atoms with E-state index in [-0.39, 0.29) is 12.0 Å². The lowest BCUT2D eigenvalue weighted by Crippen LogP contribution is -2.33. The molecule has 0 aromatic rings. The fourth-order valence-corrected chi connectivity index (χ4v) is 2.06. The van der Waals surface area contributed by atoms with Crippen molar-refractivity contribution in [2.45, 2.75) is 45.6 Å². The zero-order chi connectivity index (χ0) is 12.5. The molecule has 0 aliphatic carbocycles. The molecule has 0 aromatic carbocycles. The molecule has 0 aromatic heterocycles. The summed E-state index contributed by atoms with van der Waals surface area (Å²) in [7, 11) is 0. The molecule has 0 bridgehead atoms. The van der Waals surface area contributed by atoms with Gasteiger partial charge in [0, 0.05) is 13.0 Å². The molecule has 0 spiro atoms. The Bertz CT molecular complexity index is 213. The third-order valence-corrected chi connectivity index (χ3v) is 3.05. The number of hydrogen-bond acceptors (Lipinski definition) is 3. The van der Waals surface area contributed by atoms with Crippen molar-refractivity contribution in [3.63, 3.8) is 0 Å². The summed E-state index contributed by atoms with van der Waals surface area (Å²) < 4.78 is 5.34. The summed E-state index contributed by atoms with van der Waals surface area (Å²) in [5.74, 6) is 0.838. The first kappa shape index (κ1) is 14.5. The Labute approximate surface area is 104 Å². The second kappa shape index (κ2) is 8.48. The predicted molar refractivity (Wildman–Crippen MR) is 68.9 cm³/mol. The second-order valence-corrected chi connectivity index (χ2v) is 5.02. The highest BCUT2D eigenvalue weighted by molar-refractivity contribution is 5.75. The predicted octanol–water partition coefficient (Wildman–Crippen LogP) is 1.31. The summed E-state index contributed by atoms with van der Waals surface area (Å²) in [4.78, 5) is 11.5. The minimum absolute atomic E-state index is 0.106. The van der Waals surface area contributed by atoms with E-state index in [9.17, 15) is 4.79 Å². The van der Waals surface area contributed by atoms with Gasteiger partial charge in [0.05, 0.1) is 12.7 Å². The normalized spacial score (nSPS) is 20.5. The SMILES string of the molecule is CC(C)OCCC(=O)NCCC1CCCNC1. The van der Waals surface area contributed by atoms with E-state index in [4.69, 9.17) is 4.74 Å². The van der Waals surface area contributed by atoms with Gasteiger partial charge < -0.3 is 15.4 Å². The molecule has 100 valence electrons. The van der Waals surface area contributed by atoms with Crippen molar-refractivity contribution in [1.82, 2.24) is 10.6 Å². The smallest absolute Gasteiger partial charge is 0.222 e. The van der Waals surface area contributed by atoms with Gasteiger partial charge in [-0.1, -0.05) is 0 Å². The van der Waals surface area contributed by atoms with Gasteiger partial charge in [0.25, 0.3) is 0 Å². The number of amides is 1.